The first-order valence-electron chi connectivity index (χ1n) is 10.2. The number of fused-ring (bicyclic) bond motifs is 1. The number of epoxide rings is 2. The second-order valence-corrected chi connectivity index (χ2v) is 8.04. The number of nitrogens with zero attached hydrogens (tertiary/aromatic N) is 4. The molecule has 0 aromatic heterocycles. The summed E-state index contributed by atoms with van der Waals surface area (Å²) in [6, 6.07) is 19.1. The van der Waals surface area contributed by atoms with Crippen molar-refractivity contribution in [3.05, 3.63) is 71.8 Å². The number of urea groups is 2. The molecule has 4 aliphatic heterocycles. The molecule has 0 radical (unpaired) electrons. The van der Waals surface area contributed by atoms with E-state index in [2.05, 4.69) is 0 Å². The van der Waals surface area contributed by atoms with Crippen molar-refractivity contribution in [1.82, 2.24) is 19.8 Å². The minimum absolute atomic E-state index is 0.0302. The first-order chi connectivity index (χ1) is 14.7. The van der Waals surface area contributed by atoms with Gasteiger partial charge in [-0.3, -0.25) is 9.80 Å². The Bertz CT molecular complexity index is 884. The largest absolute Gasteiger partial charge is 0.371 e. The van der Waals surface area contributed by atoms with Crippen molar-refractivity contribution in [1.29, 1.82) is 0 Å². The highest BCUT2D eigenvalue weighted by Crippen LogP contribution is 2.46. The molecular formula is C22H22N4O4. The van der Waals surface area contributed by atoms with Crippen LogP contribution >= 0.6 is 0 Å². The average molecular weight is 406 g/mol. The standard InChI is InChI=1S/C22H22N4O4/c27-21-23(11-17-13-29-17)19(15-7-3-1-4-8-15)25-22(28)24(12-18-14-30-18)20(26(21)25)16-9-5-2-6-10-16/h1-10,17-20H,11-14H2. The summed E-state index contributed by atoms with van der Waals surface area (Å²) in [5, 5.41) is 3.22. The zero-order valence-electron chi connectivity index (χ0n) is 16.3. The van der Waals surface area contributed by atoms with E-state index in [4.69, 9.17) is 9.47 Å². The van der Waals surface area contributed by atoms with Gasteiger partial charge < -0.3 is 9.47 Å². The van der Waals surface area contributed by atoms with E-state index in [0.717, 1.165) is 11.1 Å². The molecule has 8 heteroatoms. The summed E-state index contributed by atoms with van der Waals surface area (Å²) in [7, 11) is 0. The molecule has 8 nitrogen and oxygen atoms in total. The second-order valence-electron chi connectivity index (χ2n) is 8.04. The van der Waals surface area contributed by atoms with Crippen LogP contribution in [-0.4, -0.2) is 70.4 Å². The molecule has 6 rings (SSSR count). The fourth-order valence-corrected chi connectivity index (χ4v) is 4.40. The zero-order chi connectivity index (χ0) is 20.2. The minimum Gasteiger partial charge on any atom is -0.371 e. The molecule has 0 N–H and O–H groups in total. The number of amides is 4. The van der Waals surface area contributed by atoms with Gasteiger partial charge in [-0.25, -0.2) is 19.6 Å². The lowest BCUT2D eigenvalue weighted by atomic mass is 10.1. The maximum atomic E-state index is 13.7. The number of rotatable bonds is 6. The molecule has 4 heterocycles. The van der Waals surface area contributed by atoms with Crippen molar-refractivity contribution in [2.75, 3.05) is 26.3 Å². The van der Waals surface area contributed by atoms with Crippen LogP contribution in [0, 0.1) is 0 Å². The number of hydrogen-bond donors (Lipinski definition) is 0. The Kier molecular flexibility index (Phi) is 3.97. The van der Waals surface area contributed by atoms with E-state index in [0.29, 0.717) is 26.3 Å². The maximum absolute atomic E-state index is 13.7. The molecule has 0 aliphatic carbocycles. The summed E-state index contributed by atoms with van der Waals surface area (Å²) in [6.07, 6.45) is -0.927. The predicted molar refractivity (Wildman–Crippen MR) is 106 cm³/mol. The zero-order valence-corrected chi connectivity index (χ0v) is 16.3. The van der Waals surface area contributed by atoms with Gasteiger partial charge in [-0.15, -0.1) is 0 Å². The number of carbonyl (C=O) groups is 2. The molecule has 4 atom stereocenters. The van der Waals surface area contributed by atoms with Crippen LogP contribution in [0.2, 0.25) is 0 Å². The number of benzene rings is 2. The maximum Gasteiger partial charge on any atom is 0.343 e. The van der Waals surface area contributed by atoms with Gasteiger partial charge in [-0.05, 0) is 11.1 Å². The summed E-state index contributed by atoms with van der Waals surface area (Å²) >= 11 is 0. The molecule has 0 bridgehead atoms. The molecule has 4 unspecified atom stereocenters. The molecule has 4 fully saturated rings. The topological polar surface area (TPSA) is 72.2 Å². The van der Waals surface area contributed by atoms with E-state index in [1.807, 2.05) is 60.7 Å². The van der Waals surface area contributed by atoms with Gasteiger partial charge in [0, 0.05) is 0 Å². The van der Waals surface area contributed by atoms with Crippen LogP contribution in [0.4, 0.5) is 9.59 Å². The molecule has 30 heavy (non-hydrogen) atoms. The number of carbonyl (C=O) groups excluding carboxylic acids is 2. The van der Waals surface area contributed by atoms with Gasteiger partial charge in [-0.1, -0.05) is 60.7 Å². The molecule has 0 saturated carbocycles. The van der Waals surface area contributed by atoms with E-state index in [-0.39, 0.29) is 24.3 Å². The normalized spacial score (nSPS) is 29.6. The quantitative estimate of drug-likeness (QED) is 0.692. The van der Waals surface area contributed by atoms with Crippen LogP contribution in [0.25, 0.3) is 0 Å². The van der Waals surface area contributed by atoms with Gasteiger partial charge in [0.2, 0.25) is 0 Å². The fraction of sp³-hybridized carbons (Fsp3) is 0.364. The molecule has 2 aromatic rings. The molecule has 4 aliphatic rings. The Balaban J connectivity index is 1.44. The average Bonchev–Trinajstić information content (AvgIpc) is 3.70. The summed E-state index contributed by atoms with van der Waals surface area (Å²) in [5.41, 5.74) is 1.80. The van der Waals surface area contributed by atoms with Crippen LogP contribution in [0.15, 0.2) is 60.7 Å². The molecule has 4 saturated heterocycles. The molecular weight excluding hydrogens is 384 g/mol. The number of hydrazine groups is 1. The third-order valence-corrected chi connectivity index (χ3v) is 5.97. The van der Waals surface area contributed by atoms with Gasteiger partial charge in [-0.2, -0.15) is 0 Å². The van der Waals surface area contributed by atoms with Crippen LogP contribution in [0.1, 0.15) is 23.5 Å². The highest BCUT2D eigenvalue weighted by molar-refractivity contribution is 5.88. The van der Waals surface area contributed by atoms with Crippen LogP contribution in [-0.2, 0) is 9.47 Å². The lowest BCUT2D eigenvalue weighted by molar-refractivity contribution is 0.0504. The van der Waals surface area contributed by atoms with Crippen molar-refractivity contribution < 1.29 is 19.1 Å². The van der Waals surface area contributed by atoms with Crippen molar-refractivity contribution in [3.8, 4) is 0 Å². The summed E-state index contributed by atoms with van der Waals surface area (Å²) in [4.78, 5) is 30.8. The monoisotopic (exact) mass is 406 g/mol. The highest BCUT2D eigenvalue weighted by atomic mass is 16.6. The van der Waals surface area contributed by atoms with Gasteiger partial charge in [0.15, 0.2) is 12.3 Å². The Morgan fingerprint density at radius 1 is 0.667 bits per heavy atom. The molecule has 154 valence electrons. The lowest BCUT2D eigenvalue weighted by Crippen LogP contribution is -2.42. The van der Waals surface area contributed by atoms with Gasteiger partial charge in [0.25, 0.3) is 0 Å². The highest BCUT2D eigenvalue weighted by Gasteiger charge is 2.59. The smallest absolute Gasteiger partial charge is 0.343 e. The summed E-state index contributed by atoms with van der Waals surface area (Å²) < 4.78 is 10.8. The third-order valence-electron chi connectivity index (χ3n) is 5.97. The molecule has 0 spiro atoms. The van der Waals surface area contributed by atoms with E-state index in [1.54, 1.807) is 19.8 Å². The van der Waals surface area contributed by atoms with Gasteiger partial charge in [0.05, 0.1) is 38.5 Å². The molecule has 4 amide bonds. The van der Waals surface area contributed by atoms with Crippen LogP contribution < -0.4 is 0 Å². The fourth-order valence-electron chi connectivity index (χ4n) is 4.40. The van der Waals surface area contributed by atoms with Gasteiger partial charge in [0.1, 0.15) is 0 Å². The minimum atomic E-state index is -0.494. The Labute approximate surface area is 174 Å². The van der Waals surface area contributed by atoms with E-state index < -0.39 is 12.3 Å². The number of hydrogen-bond acceptors (Lipinski definition) is 4. The van der Waals surface area contributed by atoms with Gasteiger partial charge >= 0.3 is 12.1 Å². The first kappa shape index (κ1) is 17.7. The summed E-state index contributed by atoms with van der Waals surface area (Å²) in [6.45, 7) is 2.22. The van der Waals surface area contributed by atoms with Crippen LogP contribution in [0.5, 0.6) is 0 Å². The third kappa shape index (κ3) is 2.83. The van der Waals surface area contributed by atoms with Crippen molar-refractivity contribution in [3.63, 3.8) is 0 Å². The SMILES string of the molecule is O=C1N(CC2CO2)C(c2ccccc2)N2C(=O)N(CC3CO3)C(c3ccccc3)N12. The Morgan fingerprint density at radius 2 is 1.03 bits per heavy atom. The Morgan fingerprint density at radius 3 is 1.37 bits per heavy atom. The van der Waals surface area contributed by atoms with E-state index in [9.17, 15) is 9.59 Å². The Hall–Kier alpha value is -3.10. The number of ether oxygens (including phenoxy) is 2. The van der Waals surface area contributed by atoms with Crippen molar-refractivity contribution in [2.45, 2.75) is 24.5 Å². The lowest BCUT2D eigenvalue weighted by Gasteiger charge is -2.29. The summed E-state index contributed by atoms with van der Waals surface area (Å²) in [5.74, 6) is 0. The van der Waals surface area contributed by atoms with E-state index in [1.165, 1.54) is 0 Å². The first-order valence-corrected chi connectivity index (χ1v) is 10.2. The van der Waals surface area contributed by atoms with E-state index >= 15 is 0 Å². The van der Waals surface area contributed by atoms with Crippen LogP contribution in [0.3, 0.4) is 0 Å². The predicted octanol–water partition coefficient (Wildman–Crippen LogP) is 2.57. The second kappa shape index (κ2) is 6.72. The molecule has 2 aromatic carbocycles. The van der Waals surface area contributed by atoms with Crippen molar-refractivity contribution in [2.24, 2.45) is 0 Å². The van der Waals surface area contributed by atoms with Crippen molar-refractivity contribution >= 4 is 12.1 Å².